The normalized spacial score (nSPS) is 27.9. The number of aromatic nitrogens is 1. The Balaban J connectivity index is 1.73. The van der Waals surface area contributed by atoms with Crippen LogP contribution in [0.15, 0.2) is 24.2 Å². The van der Waals surface area contributed by atoms with E-state index in [-0.39, 0.29) is 11.9 Å². The first kappa shape index (κ1) is 12.7. The minimum absolute atomic E-state index is 0.0441. The Kier molecular flexibility index (Phi) is 2.87. The number of nitrogens with zero attached hydrogens (tertiary/aromatic N) is 3. The van der Waals surface area contributed by atoms with E-state index >= 15 is 0 Å². The Morgan fingerprint density at radius 1 is 1.33 bits per heavy atom. The lowest BCUT2D eigenvalue weighted by atomic mass is 10.0. The molecule has 5 heteroatoms. The van der Waals surface area contributed by atoms with Gasteiger partial charge in [0.15, 0.2) is 0 Å². The predicted molar refractivity (Wildman–Crippen MR) is 80.0 cm³/mol. The summed E-state index contributed by atoms with van der Waals surface area (Å²) < 4.78 is 0. The summed E-state index contributed by atoms with van der Waals surface area (Å²) >= 11 is 0. The van der Waals surface area contributed by atoms with Crippen LogP contribution >= 0.6 is 0 Å². The van der Waals surface area contributed by atoms with E-state index in [1.165, 1.54) is 17.8 Å². The molecule has 21 heavy (non-hydrogen) atoms. The average molecular weight is 284 g/mol. The van der Waals surface area contributed by atoms with Crippen LogP contribution in [0, 0.1) is 0 Å². The second kappa shape index (κ2) is 4.76. The molecule has 4 rings (SSSR count). The third-order valence-corrected chi connectivity index (χ3v) is 4.84. The van der Waals surface area contributed by atoms with Crippen LogP contribution in [-0.4, -0.2) is 45.9 Å². The van der Waals surface area contributed by atoms with Gasteiger partial charge in [0.25, 0.3) is 0 Å². The van der Waals surface area contributed by atoms with Crippen LogP contribution in [0.3, 0.4) is 0 Å². The molecule has 0 saturated carbocycles. The van der Waals surface area contributed by atoms with Crippen molar-refractivity contribution in [1.82, 2.24) is 20.1 Å². The molecular weight excluding hydrogens is 264 g/mol. The van der Waals surface area contributed by atoms with E-state index in [1.807, 2.05) is 12.3 Å². The lowest BCUT2D eigenvalue weighted by molar-refractivity contribution is -0.124. The van der Waals surface area contributed by atoms with E-state index in [1.54, 1.807) is 0 Å². The van der Waals surface area contributed by atoms with Gasteiger partial charge in [0.2, 0.25) is 5.91 Å². The maximum absolute atomic E-state index is 12.1. The lowest BCUT2D eigenvalue weighted by Gasteiger charge is -2.48. The van der Waals surface area contributed by atoms with Crippen LogP contribution in [0.4, 0.5) is 0 Å². The molecule has 5 nitrogen and oxygen atoms in total. The standard InChI is InChI=1S/C16H20N4O/c1-11-5-8-19(11)15-9-13-12(3-2-6-17-13)10-20(15)14-4-7-18-16(14)21/h2-3,6,9,11,14H,4-5,7-8,10H2,1H3,(H,18,21)/t11-,14-/m0/s1. The average Bonchev–Trinajstić information content (AvgIpc) is 2.91. The maximum atomic E-state index is 12.1. The van der Waals surface area contributed by atoms with Crippen molar-refractivity contribution in [3.05, 3.63) is 35.4 Å². The fourth-order valence-electron chi connectivity index (χ4n) is 3.44. The highest BCUT2D eigenvalue weighted by Crippen LogP contribution is 2.34. The van der Waals surface area contributed by atoms with Gasteiger partial charge < -0.3 is 15.1 Å². The summed E-state index contributed by atoms with van der Waals surface area (Å²) in [6.07, 6.45) is 6.09. The van der Waals surface area contributed by atoms with E-state index in [4.69, 9.17) is 0 Å². The Hall–Kier alpha value is -2.04. The Labute approximate surface area is 124 Å². The van der Waals surface area contributed by atoms with Gasteiger partial charge in [-0.05, 0) is 31.4 Å². The van der Waals surface area contributed by atoms with Gasteiger partial charge in [-0.1, -0.05) is 6.07 Å². The summed E-state index contributed by atoms with van der Waals surface area (Å²) in [4.78, 5) is 21.3. The number of fused-ring (bicyclic) bond motifs is 1. The summed E-state index contributed by atoms with van der Waals surface area (Å²) in [5.74, 6) is 1.32. The van der Waals surface area contributed by atoms with Crippen LogP contribution in [0.25, 0.3) is 6.08 Å². The van der Waals surface area contributed by atoms with E-state index in [2.05, 4.69) is 39.2 Å². The van der Waals surface area contributed by atoms with Crippen molar-refractivity contribution in [3.63, 3.8) is 0 Å². The van der Waals surface area contributed by atoms with Crippen molar-refractivity contribution in [2.75, 3.05) is 13.1 Å². The SMILES string of the molecule is C[C@H]1CCN1C1=Cc2ncccc2CN1[C@H]1CCNC1=O. The smallest absolute Gasteiger partial charge is 0.242 e. The number of hydrogen-bond donors (Lipinski definition) is 1. The number of pyridine rings is 1. The lowest BCUT2D eigenvalue weighted by Crippen LogP contribution is -2.53. The van der Waals surface area contributed by atoms with Crippen molar-refractivity contribution in [2.24, 2.45) is 0 Å². The molecule has 110 valence electrons. The number of carbonyl (C=O) groups is 1. The molecule has 3 aliphatic heterocycles. The molecule has 1 amide bonds. The van der Waals surface area contributed by atoms with Crippen molar-refractivity contribution in [3.8, 4) is 0 Å². The second-order valence-electron chi connectivity index (χ2n) is 6.10. The van der Waals surface area contributed by atoms with Crippen molar-refractivity contribution >= 4 is 12.0 Å². The topological polar surface area (TPSA) is 48.5 Å². The number of likely N-dealkylation sites (tertiary alicyclic amines) is 1. The summed E-state index contributed by atoms with van der Waals surface area (Å²) in [7, 11) is 0. The number of rotatable bonds is 2. The van der Waals surface area contributed by atoms with Gasteiger partial charge in [0.1, 0.15) is 11.9 Å². The Bertz CT molecular complexity index is 612. The first-order valence-corrected chi connectivity index (χ1v) is 7.70. The molecule has 2 saturated heterocycles. The highest BCUT2D eigenvalue weighted by Gasteiger charge is 2.38. The zero-order chi connectivity index (χ0) is 14.4. The van der Waals surface area contributed by atoms with Gasteiger partial charge in [0.05, 0.1) is 5.69 Å². The summed E-state index contributed by atoms with van der Waals surface area (Å²) in [6.45, 7) is 4.87. The van der Waals surface area contributed by atoms with E-state index in [9.17, 15) is 4.79 Å². The molecule has 1 N–H and O–H groups in total. The number of nitrogens with one attached hydrogen (secondary N) is 1. The predicted octanol–water partition coefficient (Wildman–Crippen LogP) is 1.18. The van der Waals surface area contributed by atoms with Crippen molar-refractivity contribution in [2.45, 2.75) is 38.4 Å². The Morgan fingerprint density at radius 3 is 2.90 bits per heavy atom. The van der Waals surface area contributed by atoms with Gasteiger partial charge in [-0.25, -0.2) is 0 Å². The number of hydrogen-bond acceptors (Lipinski definition) is 4. The van der Waals surface area contributed by atoms with E-state index in [0.717, 1.165) is 31.7 Å². The molecule has 0 aliphatic carbocycles. The molecule has 2 fully saturated rings. The monoisotopic (exact) mass is 284 g/mol. The number of amides is 1. The molecule has 1 aromatic rings. The fraction of sp³-hybridized carbons (Fsp3) is 0.500. The Morgan fingerprint density at radius 2 is 2.24 bits per heavy atom. The summed E-state index contributed by atoms with van der Waals surface area (Å²) in [6, 6.07) is 4.58. The highest BCUT2D eigenvalue weighted by atomic mass is 16.2. The second-order valence-corrected chi connectivity index (χ2v) is 6.10. The van der Waals surface area contributed by atoms with Gasteiger partial charge >= 0.3 is 0 Å². The van der Waals surface area contributed by atoms with Crippen LogP contribution in [0.5, 0.6) is 0 Å². The fourth-order valence-corrected chi connectivity index (χ4v) is 3.44. The van der Waals surface area contributed by atoms with Crippen molar-refractivity contribution in [1.29, 1.82) is 0 Å². The number of carbonyl (C=O) groups excluding carboxylic acids is 1. The van der Waals surface area contributed by atoms with Crippen LogP contribution in [-0.2, 0) is 11.3 Å². The van der Waals surface area contributed by atoms with Gasteiger partial charge in [-0.15, -0.1) is 0 Å². The summed E-state index contributed by atoms with van der Waals surface area (Å²) in [5, 5.41) is 2.96. The molecule has 0 radical (unpaired) electrons. The zero-order valence-electron chi connectivity index (χ0n) is 12.2. The first-order chi connectivity index (χ1) is 10.2. The van der Waals surface area contributed by atoms with Gasteiger partial charge in [-0.2, -0.15) is 0 Å². The van der Waals surface area contributed by atoms with Gasteiger partial charge in [-0.3, -0.25) is 9.78 Å². The van der Waals surface area contributed by atoms with Crippen molar-refractivity contribution < 1.29 is 4.79 Å². The third kappa shape index (κ3) is 1.99. The highest BCUT2D eigenvalue weighted by molar-refractivity contribution is 5.84. The van der Waals surface area contributed by atoms with Crippen LogP contribution in [0.2, 0.25) is 0 Å². The zero-order valence-corrected chi connectivity index (χ0v) is 12.2. The molecule has 3 aliphatic rings. The quantitative estimate of drug-likeness (QED) is 0.886. The minimum atomic E-state index is -0.0441. The maximum Gasteiger partial charge on any atom is 0.242 e. The molecule has 0 aromatic carbocycles. The molecule has 4 heterocycles. The largest absolute Gasteiger partial charge is 0.355 e. The van der Waals surface area contributed by atoms with Gasteiger partial charge in [0, 0.05) is 37.9 Å². The third-order valence-electron chi connectivity index (χ3n) is 4.84. The van der Waals surface area contributed by atoms with Crippen LogP contribution in [0.1, 0.15) is 31.0 Å². The molecular formula is C16H20N4O. The molecule has 0 bridgehead atoms. The van der Waals surface area contributed by atoms with Crippen LogP contribution < -0.4 is 5.32 Å². The summed E-state index contributed by atoms with van der Waals surface area (Å²) in [5.41, 5.74) is 2.25. The minimum Gasteiger partial charge on any atom is -0.355 e. The first-order valence-electron chi connectivity index (χ1n) is 7.70. The molecule has 2 atom stereocenters. The molecule has 0 unspecified atom stereocenters. The molecule has 1 aromatic heterocycles. The van der Waals surface area contributed by atoms with E-state index < -0.39 is 0 Å². The molecule has 0 spiro atoms. The van der Waals surface area contributed by atoms with E-state index in [0.29, 0.717) is 6.04 Å².